The van der Waals surface area contributed by atoms with Gasteiger partial charge in [0.2, 0.25) is 0 Å². The fraction of sp³-hybridized carbons (Fsp3) is 0.636. The Hall–Kier alpha value is -1.67. The van der Waals surface area contributed by atoms with Crippen LogP contribution < -0.4 is 0 Å². The minimum atomic E-state index is -4.99. The van der Waals surface area contributed by atoms with Crippen LogP contribution in [0.15, 0.2) is 0 Å². The van der Waals surface area contributed by atoms with Crippen LogP contribution in [0.1, 0.15) is 30.3 Å². The van der Waals surface area contributed by atoms with Crippen molar-refractivity contribution in [2.45, 2.75) is 38.4 Å². The predicted octanol–water partition coefficient (Wildman–Crippen LogP) is 2.50. The first-order valence-electron chi connectivity index (χ1n) is 5.87. The minimum absolute atomic E-state index is 0.0462. The number of hydrogen-bond donors (Lipinski definition) is 0. The van der Waals surface area contributed by atoms with Gasteiger partial charge in [0, 0.05) is 12.1 Å². The smallest absolute Gasteiger partial charge is 0.435 e. The Labute approximate surface area is 110 Å². The van der Waals surface area contributed by atoms with Crippen LogP contribution in [-0.4, -0.2) is 22.4 Å². The second-order valence-electron chi connectivity index (χ2n) is 4.34. The summed E-state index contributed by atoms with van der Waals surface area (Å²) < 4.78 is 70.6. The van der Waals surface area contributed by atoms with E-state index in [9.17, 15) is 26.7 Å². The molecular formula is C11H11F5N2O2. The molecule has 0 saturated heterocycles. The highest BCUT2D eigenvalue weighted by molar-refractivity contribution is 5.69. The molecular weight excluding hydrogens is 287 g/mol. The summed E-state index contributed by atoms with van der Waals surface area (Å²) in [5, 5.41) is 3.13. The van der Waals surface area contributed by atoms with E-state index in [-0.39, 0.29) is 18.7 Å². The quantitative estimate of drug-likeness (QED) is 0.636. The van der Waals surface area contributed by atoms with Crippen molar-refractivity contribution in [3.05, 3.63) is 17.0 Å². The lowest BCUT2D eigenvalue weighted by atomic mass is 10.1. The van der Waals surface area contributed by atoms with E-state index in [0.29, 0.717) is 4.68 Å². The third kappa shape index (κ3) is 2.48. The predicted molar refractivity (Wildman–Crippen MR) is 56.1 cm³/mol. The first-order chi connectivity index (χ1) is 9.16. The van der Waals surface area contributed by atoms with Crippen LogP contribution in [0.5, 0.6) is 0 Å². The van der Waals surface area contributed by atoms with Crippen molar-refractivity contribution in [3.63, 3.8) is 0 Å². The van der Waals surface area contributed by atoms with Gasteiger partial charge in [0.05, 0.1) is 12.2 Å². The molecule has 0 atom stereocenters. The molecule has 1 aliphatic rings. The van der Waals surface area contributed by atoms with Crippen LogP contribution in [0.3, 0.4) is 0 Å². The summed E-state index contributed by atoms with van der Waals surface area (Å²) in [5.74, 6) is -4.39. The Balaban J connectivity index is 2.44. The molecule has 0 bridgehead atoms. The highest BCUT2D eigenvalue weighted by atomic mass is 19.4. The second-order valence-corrected chi connectivity index (χ2v) is 4.34. The van der Waals surface area contributed by atoms with E-state index in [1.807, 2.05) is 0 Å². The van der Waals surface area contributed by atoms with Gasteiger partial charge in [0.25, 0.3) is 5.92 Å². The lowest BCUT2D eigenvalue weighted by molar-refractivity contribution is -0.147. The molecule has 0 aliphatic heterocycles. The Bertz CT molecular complexity index is 536. The Morgan fingerprint density at radius 3 is 2.65 bits per heavy atom. The van der Waals surface area contributed by atoms with Gasteiger partial charge in [0.1, 0.15) is 6.54 Å². The Morgan fingerprint density at radius 1 is 1.45 bits per heavy atom. The summed E-state index contributed by atoms with van der Waals surface area (Å²) in [6.07, 6.45) is -5.96. The zero-order valence-electron chi connectivity index (χ0n) is 10.4. The third-order valence-electron chi connectivity index (χ3n) is 2.95. The van der Waals surface area contributed by atoms with Crippen LogP contribution >= 0.6 is 0 Å². The van der Waals surface area contributed by atoms with Gasteiger partial charge in [0.15, 0.2) is 5.69 Å². The Morgan fingerprint density at radius 2 is 2.10 bits per heavy atom. The monoisotopic (exact) mass is 298 g/mol. The molecule has 0 unspecified atom stereocenters. The summed E-state index contributed by atoms with van der Waals surface area (Å²) in [4.78, 5) is 11.3. The second kappa shape index (κ2) is 4.71. The molecule has 0 radical (unpaired) electrons. The molecule has 1 aliphatic carbocycles. The number of carbonyl (C=O) groups is 1. The van der Waals surface area contributed by atoms with Crippen molar-refractivity contribution >= 4 is 5.97 Å². The van der Waals surface area contributed by atoms with E-state index in [1.165, 1.54) is 6.92 Å². The zero-order valence-corrected chi connectivity index (χ0v) is 10.4. The molecule has 2 rings (SSSR count). The molecule has 0 spiro atoms. The molecule has 20 heavy (non-hydrogen) atoms. The molecule has 0 aromatic carbocycles. The molecule has 1 aromatic heterocycles. The van der Waals surface area contributed by atoms with Crippen LogP contribution in [-0.2, 0) is 34.6 Å². The minimum Gasteiger partial charge on any atom is -0.465 e. The number of aromatic nitrogens is 2. The lowest BCUT2D eigenvalue weighted by Gasteiger charge is -2.11. The Kier molecular flexibility index (Phi) is 3.47. The van der Waals surface area contributed by atoms with Crippen molar-refractivity contribution in [1.82, 2.24) is 9.78 Å². The van der Waals surface area contributed by atoms with Crippen LogP contribution in [0.4, 0.5) is 22.0 Å². The molecule has 0 fully saturated rings. The SMILES string of the molecule is CCOC(=O)Cn1nc(C(F)(F)F)c2c1CCC2(F)F. The van der Waals surface area contributed by atoms with Gasteiger partial charge >= 0.3 is 12.1 Å². The van der Waals surface area contributed by atoms with Gasteiger partial charge in [-0.3, -0.25) is 9.48 Å². The highest BCUT2D eigenvalue weighted by Crippen LogP contribution is 2.47. The molecule has 1 aromatic rings. The van der Waals surface area contributed by atoms with Crippen molar-refractivity contribution in [1.29, 1.82) is 0 Å². The maximum Gasteiger partial charge on any atom is 0.435 e. The van der Waals surface area contributed by atoms with Crippen molar-refractivity contribution in [2.24, 2.45) is 0 Å². The number of rotatable bonds is 3. The average Bonchev–Trinajstić information content (AvgIpc) is 2.79. The van der Waals surface area contributed by atoms with Gasteiger partial charge in [-0.1, -0.05) is 0 Å². The summed E-state index contributed by atoms with van der Waals surface area (Å²) >= 11 is 0. The number of ether oxygens (including phenoxy) is 1. The lowest BCUT2D eigenvalue weighted by Crippen LogP contribution is -2.18. The number of hydrogen-bond acceptors (Lipinski definition) is 3. The van der Waals surface area contributed by atoms with Crippen molar-refractivity contribution in [2.75, 3.05) is 6.61 Å². The maximum absolute atomic E-state index is 13.6. The summed E-state index contributed by atoms with van der Waals surface area (Å²) in [7, 11) is 0. The van der Waals surface area contributed by atoms with Gasteiger partial charge < -0.3 is 4.74 Å². The first kappa shape index (κ1) is 14.7. The largest absolute Gasteiger partial charge is 0.465 e. The highest BCUT2D eigenvalue weighted by Gasteiger charge is 2.51. The van der Waals surface area contributed by atoms with Gasteiger partial charge in [-0.25, -0.2) is 8.78 Å². The molecule has 112 valence electrons. The van der Waals surface area contributed by atoms with E-state index in [4.69, 9.17) is 0 Å². The third-order valence-corrected chi connectivity index (χ3v) is 2.95. The average molecular weight is 298 g/mol. The maximum atomic E-state index is 13.6. The summed E-state index contributed by atoms with van der Waals surface area (Å²) in [5.41, 5.74) is -3.00. The number of alkyl halides is 5. The van der Waals surface area contributed by atoms with Gasteiger partial charge in [-0.05, 0) is 13.3 Å². The summed E-state index contributed by atoms with van der Waals surface area (Å²) in [6.45, 7) is 0.966. The van der Waals surface area contributed by atoms with Crippen LogP contribution in [0, 0.1) is 0 Å². The van der Waals surface area contributed by atoms with Gasteiger partial charge in [-0.15, -0.1) is 0 Å². The van der Waals surface area contributed by atoms with E-state index in [0.717, 1.165) is 0 Å². The standard InChI is InChI=1S/C11H11F5N2O2/c1-2-20-7(19)5-18-6-3-4-10(12,13)8(6)9(17-18)11(14,15)16/h2-5H2,1H3. The van der Waals surface area contributed by atoms with E-state index < -0.39 is 42.3 Å². The molecule has 1 heterocycles. The van der Waals surface area contributed by atoms with E-state index >= 15 is 0 Å². The number of esters is 1. The number of halogens is 5. The molecule has 9 heteroatoms. The molecule has 0 amide bonds. The number of fused-ring (bicyclic) bond motifs is 1. The fourth-order valence-corrected chi connectivity index (χ4v) is 2.19. The normalized spacial score (nSPS) is 17.1. The van der Waals surface area contributed by atoms with Crippen molar-refractivity contribution < 1.29 is 31.5 Å². The molecule has 0 N–H and O–H groups in total. The first-order valence-corrected chi connectivity index (χ1v) is 5.87. The van der Waals surface area contributed by atoms with Crippen LogP contribution in [0.25, 0.3) is 0 Å². The number of carbonyl (C=O) groups excluding carboxylic acids is 1. The fourth-order valence-electron chi connectivity index (χ4n) is 2.19. The van der Waals surface area contributed by atoms with E-state index in [1.54, 1.807) is 0 Å². The number of nitrogens with zero attached hydrogens (tertiary/aromatic N) is 2. The van der Waals surface area contributed by atoms with Crippen LogP contribution in [0.2, 0.25) is 0 Å². The van der Waals surface area contributed by atoms with Gasteiger partial charge in [-0.2, -0.15) is 18.3 Å². The van der Waals surface area contributed by atoms with Crippen molar-refractivity contribution in [3.8, 4) is 0 Å². The molecule has 0 saturated carbocycles. The topological polar surface area (TPSA) is 44.1 Å². The zero-order chi connectivity index (χ0) is 15.1. The summed E-state index contributed by atoms with van der Waals surface area (Å²) in [6, 6.07) is 0. The van der Waals surface area contributed by atoms with E-state index in [2.05, 4.69) is 9.84 Å². The molecule has 4 nitrogen and oxygen atoms in total.